The number of carbonyl (C=O) groups is 4. The maximum atomic E-state index is 13.1. The summed E-state index contributed by atoms with van der Waals surface area (Å²) < 4.78 is 15.7. The number of esters is 3. The minimum Gasteiger partial charge on any atom is -0.463 e. The van der Waals surface area contributed by atoms with Gasteiger partial charge >= 0.3 is 23.5 Å². The van der Waals surface area contributed by atoms with Gasteiger partial charge in [0.15, 0.2) is 5.78 Å². The van der Waals surface area contributed by atoms with Crippen LogP contribution in [0.2, 0.25) is 0 Å². The molecule has 0 fully saturated rings. The number of hydrogen-bond acceptors (Lipinski definition) is 7. The van der Waals surface area contributed by atoms with Crippen molar-refractivity contribution >= 4 is 23.7 Å². The monoisotopic (exact) mass is 426 g/mol. The van der Waals surface area contributed by atoms with Gasteiger partial charge < -0.3 is 14.2 Å². The van der Waals surface area contributed by atoms with Gasteiger partial charge in [0.1, 0.15) is 0 Å². The molecular formula is C24H26O7. The van der Waals surface area contributed by atoms with Crippen LogP contribution in [-0.2, 0) is 28.6 Å². The Balaban J connectivity index is 2.68. The first-order valence-corrected chi connectivity index (χ1v) is 10.0. The van der Waals surface area contributed by atoms with E-state index in [-0.39, 0.29) is 25.4 Å². The first-order valence-electron chi connectivity index (χ1n) is 10.0. The van der Waals surface area contributed by atoms with Crippen molar-refractivity contribution in [3.8, 4) is 0 Å². The van der Waals surface area contributed by atoms with Crippen LogP contribution >= 0.6 is 0 Å². The van der Waals surface area contributed by atoms with Gasteiger partial charge in [-0.05, 0) is 19.4 Å². The highest BCUT2D eigenvalue weighted by molar-refractivity contribution is 6.08. The van der Waals surface area contributed by atoms with Crippen LogP contribution in [0.1, 0.15) is 49.0 Å². The maximum absolute atomic E-state index is 13.1. The third kappa shape index (κ3) is 5.57. The fourth-order valence-electron chi connectivity index (χ4n) is 3.33. The molecule has 0 aliphatic rings. The molecule has 7 heteroatoms. The molecule has 7 nitrogen and oxygen atoms in total. The molecule has 1 atom stereocenters. The van der Waals surface area contributed by atoms with Gasteiger partial charge in [0, 0.05) is 18.9 Å². The first-order chi connectivity index (χ1) is 14.9. The van der Waals surface area contributed by atoms with Gasteiger partial charge in [0.2, 0.25) is 0 Å². The van der Waals surface area contributed by atoms with Crippen molar-refractivity contribution in [3.63, 3.8) is 0 Å². The van der Waals surface area contributed by atoms with E-state index in [0.717, 1.165) is 6.92 Å². The second-order valence-electron chi connectivity index (χ2n) is 6.73. The van der Waals surface area contributed by atoms with Gasteiger partial charge in [-0.1, -0.05) is 60.7 Å². The molecule has 0 radical (unpaired) electrons. The minimum absolute atomic E-state index is 0.0601. The van der Waals surface area contributed by atoms with Crippen LogP contribution in [0.5, 0.6) is 0 Å². The summed E-state index contributed by atoms with van der Waals surface area (Å²) in [6.45, 7) is 4.08. The lowest BCUT2D eigenvalue weighted by atomic mass is 9.77. The predicted molar refractivity (Wildman–Crippen MR) is 112 cm³/mol. The highest BCUT2D eigenvalue weighted by Crippen LogP contribution is 2.38. The Hall–Kier alpha value is -3.48. The summed E-state index contributed by atoms with van der Waals surface area (Å²) in [4.78, 5) is 51.4. The standard InChI is InChI=1S/C24H26O7/c1-4-29-22(27)24(31-17(3)25,23(28)30-5-2)20(18-12-8-6-9-13-18)16-21(26)19-14-10-7-11-15-19/h6-15,20H,4-5,16H2,1-3H3. The molecule has 0 saturated carbocycles. The van der Waals surface area contributed by atoms with Crippen LogP contribution in [0.4, 0.5) is 0 Å². The molecule has 0 aliphatic carbocycles. The molecule has 0 aromatic heterocycles. The van der Waals surface area contributed by atoms with Crippen molar-refractivity contribution in [1.82, 2.24) is 0 Å². The molecule has 0 spiro atoms. The summed E-state index contributed by atoms with van der Waals surface area (Å²) in [5, 5.41) is 0. The van der Waals surface area contributed by atoms with Crippen LogP contribution in [0.3, 0.4) is 0 Å². The van der Waals surface area contributed by atoms with E-state index < -0.39 is 29.4 Å². The highest BCUT2D eigenvalue weighted by atomic mass is 16.6. The van der Waals surface area contributed by atoms with E-state index in [1.165, 1.54) is 0 Å². The molecule has 2 aromatic carbocycles. The zero-order chi connectivity index (χ0) is 22.9. The van der Waals surface area contributed by atoms with Crippen LogP contribution in [0.25, 0.3) is 0 Å². The summed E-state index contributed by atoms with van der Waals surface area (Å²) in [5.41, 5.74) is -1.62. The lowest BCUT2D eigenvalue weighted by Gasteiger charge is -2.35. The van der Waals surface area contributed by atoms with Gasteiger partial charge in [0.05, 0.1) is 19.1 Å². The molecule has 31 heavy (non-hydrogen) atoms. The Labute approximate surface area is 181 Å². The molecule has 0 heterocycles. The third-order valence-electron chi connectivity index (χ3n) is 4.64. The number of hydrogen-bond donors (Lipinski definition) is 0. The highest BCUT2D eigenvalue weighted by Gasteiger charge is 2.59. The molecule has 0 bridgehead atoms. The van der Waals surface area contributed by atoms with Gasteiger partial charge in [-0.3, -0.25) is 9.59 Å². The average Bonchev–Trinajstić information content (AvgIpc) is 2.77. The summed E-state index contributed by atoms with van der Waals surface area (Å²) in [7, 11) is 0. The fraction of sp³-hybridized carbons (Fsp3) is 0.333. The molecule has 0 amide bonds. The molecule has 1 unspecified atom stereocenters. The van der Waals surface area contributed by atoms with Gasteiger partial charge in [-0.25, -0.2) is 9.59 Å². The summed E-state index contributed by atoms with van der Waals surface area (Å²) in [6, 6.07) is 16.9. The number of carbonyl (C=O) groups excluding carboxylic acids is 4. The van der Waals surface area contributed by atoms with E-state index in [0.29, 0.717) is 11.1 Å². The Kier molecular flexibility index (Phi) is 8.49. The van der Waals surface area contributed by atoms with E-state index >= 15 is 0 Å². The fourth-order valence-corrected chi connectivity index (χ4v) is 3.33. The lowest BCUT2D eigenvalue weighted by molar-refractivity contribution is -0.198. The number of rotatable bonds is 10. The lowest BCUT2D eigenvalue weighted by Crippen LogP contribution is -2.56. The maximum Gasteiger partial charge on any atom is 0.363 e. The molecule has 0 N–H and O–H groups in total. The van der Waals surface area contributed by atoms with E-state index in [9.17, 15) is 19.2 Å². The smallest absolute Gasteiger partial charge is 0.363 e. The summed E-state index contributed by atoms with van der Waals surface area (Å²) in [5.74, 6) is -4.55. The van der Waals surface area contributed by atoms with Crippen LogP contribution in [-0.4, -0.2) is 42.5 Å². The van der Waals surface area contributed by atoms with Gasteiger partial charge in [-0.2, -0.15) is 0 Å². The molecule has 164 valence electrons. The van der Waals surface area contributed by atoms with Crippen molar-refractivity contribution in [2.75, 3.05) is 13.2 Å². The van der Waals surface area contributed by atoms with E-state index in [4.69, 9.17) is 14.2 Å². The first kappa shape index (κ1) is 23.8. The Bertz CT molecular complexity index is 888. The SMILES string of the molecule is CCOC(=O)C(OC(C)=O)(C(=O)OCC)C(CC(=O)c1ccccc1)c1ccccc1. The number of benzene rings is 2. The van der Waals surface area contributed by atoms with Crippen molar-refractivity contribution in [1.29, 1.82) is 0 Å². The summed E-state index contributed by atoms with van der Waals surface area (Å²) in [6.07, 6.45) is -0.293. The quantitative estimate of drug-likeness (QED) is 0.248. The Morgan fingerprint density at radius 2 is 1.29 bits per heavy atom. The second-order valence-corrected chi connectivity index (χ2v) is 6.73. The Morgan fingerprint density at radius 3 is 1.74 bits per heavy atom. The molecule has 0 saturated heterocycles. The van der Waals surface area contributed by atoms with Crippen molar-refractivity contribution in [3.05, 3.63) is 71.8 Å². The average molecular weight is 426 g/mol. The van der Waals surface area contributed by atoms with Crippen molar-refractivity contribution < 1.29 is 33.4 Å². The van der Waals surface area contributed by atoms with Gasteiger partial charge in [-0.15, -0.1) is 0 Å². The van der Waals surface area contributed by atoms with Crippen LogP contribution < -0.4 is 0 Å². The molecule has 2 rings (SSSR count). The second kappa shape index (κ2) is 11.1. The zero-order valence-corrected chi connectivity index (χ0v) is 17.8. The normalized spacial score (nSPS) is 11.8. The van der Waals surface area contributed by atoms with E-state index in [1.54, 1.807) is 74.5 Å². The molecular weight excluding hydrogens is 400 g/mol. The molecule has 2 aromatic rings. The van der Waals surface area contributed by atoms with Crippen molar-refractivity contribution in [2.24, 2.45) is 0 Å². The topological polar surface area (TPSA) is 96.0 Å². The van der Waals surface area contributed by atoms with Crippen molar-refractivity contribution in [2.45, 2.75) is 38.7 Å². The largest absolute Gasteiger partial charge is 0.463 e. The van der Waals surface area contributed by atoms with E-state index in [1.807, 2.05) is 0 Å². The predicted octanol–water partition coefficient (Wildman–Crippen LogP) is 3.47. The zero-order valence-electron chi connectivity index (χ0n) is 17.8. The summed E-state index contributed by atoms with van der Waals surface area (Å²) >= 11 is 0. The Morgan fingerprint density at radius 1 is 0.806 bits per heavy atom. The minimum atomic E-state index is -2.47. The van der Waals surface area contributed by atoms with Crippen LogP contribution in [0.15, 0.2) is 60.7 Å². The van der Waals surface area contributed by atoms with Gasteiger partial charge in [0.25, 0.3) is 0 Å². The number of ketones is 1. The number of Topliss-reactive ketones (excluding diaryl/α,β-unsaturated/α-hetero) is 1. The van der Waals surface area contributed by atoms with E-state index in [2.05, 4.69) is 0 Å². The number of ether oxygens (including phenoxy) is 3. The third-order valence-corrected chi connectivity index (χ3v) is 4.64. The van der Waals surface area contributed by atoms with Crippen LogP contribution in [0, 0.1) is 0 Å². The molecule has 0 aliphatic heterocycles.